The van der Waals surface area contributed by atoms with E-state index in [0.29, 0.717) is 22.7 Å². The SMILES string of the molecule is COc1ccc(CN(Cc2ccc(OC)cc2)S(=O)(=O)c2cc(N)cc3c2c(Cl)nn3-c2ccc(F)cc2)cc1. The lowest BCUT2D eigenvalue weighted by Crippen LogP contribution is -2.30. The second kappa shape index (κ2) is 11.2. The normalized spacial score (nSPS) is 11.7. The summed E-state index contributed by atoms with van der Waals surface area (Å²) in [5, 5.41) is 4.56. The molecule has 40 heavy (non-hydrogen) atoms. The fraction of sp³-hybridized carbons (Fsp3) is 0.138. The highest BCUT2D eigenvalue weighted by molar-refractivity contribution is 7.89. The molecule has 0 unspecified atom stereocenters. The third-order valence-electron chi connectivity index (χ3n) is 6.45. The minimum absolute atomic E-state index is 0.0215. The van der Waals surface area contributed by atoms with Crippen LogP contribution >= 0.6 is 11.6 Å². The molecule has 0 saturated carbocycles. The molecule has 0 saturated heterocycles. The molecule has 0 bridgehead atoms. The lowest BCUT2D eigenvalue weighted by molar-refractivity contribution is 0.398. The molecular weight excluding hydrogens is 555 g/mol. The van der Waals surface area contributed by atoms with Gasteiger partial charge >= 0.3 is 0 Å². The summed E-state index contributed by atoms with van der Waals surface area (Å²) in [6.45, 7) is 0.136. The molecule has 1 heterocycles. The Morgan fingerprint density at radius 1 is 0.875 bits per heavy atom. The fourth-order valence-electron chi connectivity index (χ4n) is 4.40. The van der Waals surface area contributed by atoms with Gasteiger partial charge in [-0.1, -0.05) is 35.9 Å². The third-order valence-corrected chi connectivity index (χ3v) is 8.53. The molecule has 8 nitrogen and oxygen atoms in total. The van der Waals surface area contributed by atoms with Crippen LogP contribution in [0.25, 0.3) is 16.6 Å². The van der Waals surface area contributed by atoms with Crippen molar-refractivity contribution < 1.29 is 22.3 Å². The molecule has 206 valence electrons. The number of halogens is 2. The van der Waals surface area contributed by atoms with Crippen molar-refractivity contribution in [1.82, 2.24) is 14.1 Å². The van der Waals surface area contributed by atoms with Gasteiger partial charge in [0, 0.05) is 18.8 Å². The van der Waals surface area contributed by atoms with E-state index in [4.69, 9.17) is 26.8 Å². The van der Waals surface area contributed by atoms with Crippen LogP contribution in [0.3, 0.4) is 0 Å². The van der Waals surface area contributed by atoms with Crippen molar-refractivity contribution in [3.8, 4) is 17.2 Å². The number of nitrogens with zero attached hydrogens (tertiary/aromatic N) is 3. The van der Waals surface area contributed by atoms with Crippen molar-refractivity contribution in [2.75, 3.05) is 20.0 Å². The van der Waals surface area contributed by atoms with Crippen LogP contribution in [-0.2, 0) is 23.1 Å². The number of nitrogens with two attached hydrogens (primary N) is 1. The molecular formula is C29H26ClFN4O4S. The van der Waals surface area contributed by atoms with E-state index < -0.39 is 15.8 Å². The number of benzene rings is 4. The first-order valence-corrected chi connectivity index (χ1v) is 14.0. The van der Waals surface area contributed by atoms with Gasteiger partial charge in [0.15, 0.2) is 5.15 Å². The van der Waals surface area contributed by atoms with E-state index in [-0.39, 0.29) is 34.2 Å². The molecule has 0 spiro atoms. The van der Waals surface area contributed by atoms with Gasteiger partial charge in [0.1, 0.15) is 17.3 Å². The molecule has 5 aromatic rings. The maximum absolute atomic E-state index is 14.4. The number of hydrogen-bond donors (Lipinski definition) is 1. The van der Waals surface area contributed by atoms with Crippen LogP contribution in [0.4, 0.5) is 10.1 Å². The van der Waals surface area contributed by atoms with Gasteiger partial charge in [0.25, 0.3) is 0 Å². The Balaban J connectivity index is 1.63. The van der Waals surface area contributed by atoms with Crippen LogP contribution in [0, 0.1) is 5.82 Å². The van der Waals surface area contributed by atoms with Gasteiger partial charge in [-0.15, -0.1) is 0 Å². The second-order valence-electron chi connectivity index (χ2n) is 9.06. The Morgan fingerprint density at radius 2 is 1.40 bits per heavy atom. The van der Waals surface area contributed by atoms with Crippen LogP contribution in [0.15, 0.2) is 89.8 Å². The van der Waals surface area contributed by atoms with E-state index in [1.165, 1.54) is 39.3 Å². The van der Waals surface area contributed by atoms with Crippen molar-refractivity contribution in [2.24, 2.45) is 0 Å². The predicted octanol–water partition coefficient (Wildman–Crippen LogP) is 5.81. The molecule has 4 aromatic carbocycles. The van der Waals surface area contributed by atoms with E-state index in [0.717, 1.165) is 11.1 Å². The van der Waals surface area contributed by atoms with Gasteiger partial charge < -0.3 is 15.2 Å². The van der Waals surface area contributed by atoms with Crippen LogP contribution in [0.5, 0.6) is 11.5 Å². The zero-order valence-corrected chi connectivity index (χ0v) is 23.3. The molecule has 2 N–H and O–H groups in total. The van der Waals surface area contributed by atoms with Crippen molar-refractivity contribution >= 4 is 38.2 Å². The molecule has 0 aliphatic rings. The van der Waals surface area contributed by atoms with Gasteiger partial charge in [-0.05, 0) is 71.8 Å². The summed E-state index contributed by atoms with van der Waals surface area (Å²) >= 11 is 6.56. The van der Waals surface area contributed by atoms with E-state index in [1.807, 2.05) is 24.3 Å². The quantitative estimate of drug-likeness (QED) is 0.221. The molecule has 11 heteroatoms. The van der Waals surface area contributed by atoms with Crippen molar-refractivity contribution in [2.45, 2.75) is 18.0 Å². The summed E-state index contributed by atoms with van der Waals surface area (Å²) < 4.78 is 55.6. The summed E-state index contributed by atoms with van der Waals surface area (Å²) in [5.41, 5.74) is 8.81. The van der Waals surface area contributed by atoms with Gasteiger partial charge in [-0.3, -0.25) is 0 Å². The van der Waals surface area contributed by atoms with Gasteiger partial charge in [-0.2, -0.15) is 9.40 Å². The number of sulfonamides is 1. The van der Waals surface area contributed by atoms with Gasteiger partial charge in [-0.25, -0.2) is 17.5 Å². The Bertz CT molecular complexity index is 1710. The number of fused-ring (bicyclic) bond motifs is 1. The Labute approximate surface area is 236 Å². The highest BCUT2D eigenvalue weighted by Gasteiger charge is 2.30. The van der Waals surface area contributed by atoms with E-state index in [2.05, 4.69) is 5.10 Å². The van der Waals surface area contributed by atoms with E-state index in [1.54, 1.807) is 44.6 Å². The topological polar surface area (TPSA) is 99.7 Å². The third kappa shape index (κ3) is 5.46. The van der Waals surface area contributed by atoms with Crippen molar-refractivity contribution in [3.63, 3.8) is 0 Å². The summed E-state index contributed by atoms with van der Waals surface area (Å²) in [7, 11) is -1.05. The number of aromatic nitrogens is 2. The molecule has 0 radical (unpaired) electrons. The number of methoxy groups -OCH3 is 2. The molecule has 1 aromatic heterocycles. The van der Waals surface area contributed by atoms with Crippen LogP contribution in [0.2, 0.25) is 5.15 Å². The van der Waals surface area contributed by atoms with Crippen LogP contribution < -0.4 is 15.2 Å². The Kier molecular flexibility index (Phi) is 7.66. The maximum Gasteiger partial charge on any atom is 0.244 e. The number of ether oxygens (including phenoxy) is 2. The highest BCUT2D eigenvalue weighted by Crippen LogP contribution is 2.36. The molecule has 0 fully saturated rings. The summed E-state index contributed by atoms with van der Waals surface area (Å²) in [5.74, 6) is 0.901. The molecule has 5 rings (SSSR count). The predicted molar refractivity (Wildman–Crippen MR) is 153 cm³/mol. The van der Waals surface area contributed by atoms with E-state index >= 15 is 0 Å². The van der Waals surface area contributed by atoms with Crippen molar-refractivity contribution in [1.29, 1.82) is 0 Å². The first-order valence-electron chi connectivity index (χ1n) is 12.2. The number of nitrogen functional groups attached to an aromatic ring is 1. The molecule has 0 atom stereocenters. The van der Waals surface area contributed by atoms with Crippen LogP contribution in [-0.4, -0.2) is 36.7 Å². The maximum atomic E-state index is 14.4. The fourth-order valence-corrected chi connectivity index (χ4v) is 6.39. The van der Waals surface area contributed by atoms with Crippen molar-refractivity contribution in [3.05, 3.63) is 107 Å². The van der Waals surface area contributed by atoms with Crippen LogP contribution in [0.1, 0.15) is 11.1 Å². The Hall–Kier alpha value is -4.12. The minimum atomic E-state index is -4.18. The minimum Gasteiger partial charge on any atom is -0.497 e. The number of rotatable bonds is 9. The van der Waals surface area contributed by atoms with Gasteiger partial charge in [0.2, 0.25) is 10.0 Å². The lowest BCUT2D eigenvalue weighted by Gasteiger charge is -2.23. The Morgan fingerprint density at radius 3 is 1.90 bits per heavy atom. The standard InChI is InChI=1S/C29H26ClFN4O4S/c1-38-24-11-3-19(4-12-24)17-34(18-20-5-13-25(39-2)14-6-20)40(36,37)27-16-22(32)15-26-28(27)29(30)33-35(26)23-9-7-21(31)8-10-23/h3-16H,17-18,32H2,1-2H3. The first-order chi connectivity index (χ1) is 19.2. The monoisotopic (exact) mass is 580 g/mol. The highest BCUT2D eigenvalue weighted by atomic mass is 35.5. The zero-order chi connectivity index (χ0) is 28.4. The average Bonchev–Trinajstić information content (AvgIpc) is 3.29. The smallest absolute Gasteiger partial charge is 0.244 e. The molecule has 0 aliphatic carbocycles. The first kappa shape index (κ1) is 27.4. The van der Waals surface area contributed by atoms with E-state index in [9.17, 15) is 12.8 Å². The molecule has 0 aliphatic heterocycles. The summed E-state index contributed by atoms with van der Waals surface area (Å²) in [4.78, 5) is -0.0807. The lowest BCUT2D eigenvalue weighted by atomic mass is 10.2. The summed E-state index contributed by atoms with van der Waals surface area (Å²) in [6, 6.07) is 22.9. The summed E-state index contributed by atoms with van der Waals surface area (Å²) in [6.07, 6.45) is 0. The average molecular weight is 581 g/mol. The molecule has 0 amide bonds. The second-order valence-corrected chi connectivity index (χ2v) is 11.3. The zero-order valence-electron chi connectivity index (χ0n) is 21.7. The van der Waals surface area contributed by atoms with Gasteiger partial charge in [0.05, 0.1) is 35.7 Å². The largest absolute Gasteiger partial charge is 0.497 e. The number of anilines is 1. The number of hydrogen-bond acceptors (Lipinski definition) is 6.